The van der Waals surface area contributed by atoms with Gasteiger partial charge in [0.1, 0.15) is 8.07 Å². The second kappa shape index (κ2) is 6.21. The summed E-state index contributed by atoms with van der Waals surface area (Å²) in [6.45, 7) is 11.4. The van der Waals surface area contributed by atoms with E-state index in [1.54, 1.807) is 35.1 Å². The van der Waals surface area contributed by atoms with Crippen molar-refractivity contribution < 1.29 is 24.7 Å². The molecule has 0 fully saturated rings. The summed E-state index contributed by atoms with van der Waals surface area (Å²) in [5, 5.41) is 6.04. The second-order valence-corrected chi connectivity index (χ2v) is 14.4. The van der Waals surface area contributed by atoms with Crippen molar-refractivity contribution in [3.05, 3.63) is 86.4 Å². The van der Waals surface area contributed by atoms with Crippen LogP contribution in [-0.4, -0.2) is 13.8 Å². The van der Waals surface area contributed by atoms with Gasteiger partial charge in [0.05, 0.1) is 5.71 Å². The van der Waals surface area contributed by atoms with Gasteiger partial charge in [-0.2, -0.15) is 0 Å². The first-order valence-electron chi connectivity index (χ1n) is 9.96. The molecule has 0 amide bonds. The first-order valence-corrected chi connectivity index (χ1v) is 14.4. The van der Waals surface area contributed by atoms with E-state index in [9.17, 15) is 0 Å². The molecule has 0 radical (unpaired) electrons. The van der Waals surface area contributed by atoms with Crippen molar-refractivity contribution in [3.8, 4) is 0 Å². The zero-order valence-electron chi connectivity index (χ0n) is 17.1. The molecule has 3 heteroatoms. The van der Waals surface area contributed by atoms with Crippen LogP contribution in [-0.2, 0) is 24.7 Å². The summed E-state index contributed by atoms with van der Waals surface area (Å²) in [4.78, 5) is 4.62. The van der Waals surface area contributed by atoms with Gasteiger partial charge in [-0.1, -0.05) is 13.1 Å². The summed E-state index contributed by atoms with van der Waals surface area (Å²) in [5.41, 5.74) is 9.98. The Kier molecular flexibility index (Phi) is 4.09. The van der Waals surface area contributed by atoms with Gasteiger partial charge in [0.2, 0.25) is 0 Å². The van der Waals surface area contributed by atoms with E-state index in [1.807, 2.05) is 0 Å². The second-order valence-electron chi connectivity index (χ2n) is 8.77. The van der Waals surface area contributed by atoms with Crippen LogP contribution in [0, 0.1) is 0 Å². The van der Waals surface area contributed by atoms with Crippen molar-refractivity contribution in [2.75, 3.05) is 0 Å². The number of fused-ring (bicyclic) bond motifs is 3. The molecule has 1 nitrogen and oxygen atoms in total. The van der Waals surface area contributed by atoms with E-state index in [0.717, 1.165) is 0 Å². The van der Waals surface area contributed by atoms with Crippen molar-refractivity contribution in [1.82, 2.24) is 0 Å². The standard InChI is InChI=1S/C14H11.C11H13NSi.Zr/c1-10-8-12-7-6-11-4-2-3-5-13(11)14(12)9-10;1-6-5-8-9(12-6)11-7(2)10(8)13(11,3)4;/h2-9H,1H3;5H,1-4H3;. The molecule has 0 saturated carbocycles. The Morgan fingerprint density at radius 2 is 1.68 bits per heavy atom. The molecule has 1 atom stereocenters. The predicted molar refractivity (Wildman–Crippen MR) is 119 cm³/mol. The van der Waals surface area contributed by atoms with Gasteiger partial charge in [-0.05, 0) is 35.9 Å². The van der Waals surface area contributed by atoms with E-state index in [4.69, 9.17) is 0 Å². The Morgan fingerprint density at radius 1 is 0.929 bits per heavy atom. The number of rotatable bonds is 0. The zero-order chi connectivity index (χ0) is 19.8. The van der Waals surface area contributed by atoms with Crippen LogP contribution in [0.4, 0.5) is 0 Å². The maximum absolute atomic E-state index is 4.62. The van der Waals surface area contributed by atoms with E-state index in [-0.39, 0.29) is 0 Å². The fraction of sp³-hybridized carbons (Fsp3) is 0.240. The third-order valence-corrected chi connectivity index (χ3v) is 12.2. The summed E-state index contributed by atoms with van der Waals surface area (Å²) in [6.07, 6.45) is 4.61. The van der Waals surface area contributed by atoms with Crippen LogP contribution >= 0.6 is 0 Å². The molecular formula is C25H24NSiZr. The summed E-state index contributed by atoms with van der Waals surface area (Å²) < 4.78 is 0.678. The summed E-state index contributed by atoms with van der Waals surface area (Å²) in [6, 6.07) is 13.2. The van der Waals surface area contributed by atoms with Crippen molar-refractivity contribution in [2.45, 2.75) is 37.5 Å². The van der Waals surface area contributed by atoms with Crippen LogP contribution in [0.1, 0.15) is 35.5 Å². The Morgan fingerprint density at radius 3 is 2.39 bits per heavy atom. The fourth-order valence-corrected chi connectivity index (χ4v) is 10.0. The van der Waals surface area contributed by atoms with E-state index in [2.05, 4.69) is 87.4 Å². The van der Waals surface area contributed by atoms with Crippen molar-refractivity contribution in [1.29, 1.82) is 0 Å². The first-order chi connectivity index (χ1) is 13.3. The third-order valence-electron chi connectivity index (χ3n) is 6.55. The van der Waals surface area contributed by atoms with E-state index < -0.39 is 8.07 Å². The molecule has 2 aromatic carbocycles. The molecule has 2 aromatic rings. The normalized spacial score (nSPS) is 22.9. The van der Waals surface area contributed by atoms with Gasteiger partial charge in [0.15, 0.2) is 0 Å². The average molecular weight is 458 g/mol. The number of hydrogen-bond donors (Lipinski definition) is 0. The molecule has 0 saturated heterocycles. The average Bonchev–Trinajstić information content (AvgIpc) is 3.30. The Bertz CT molecular complexity index is 1220. The quantitative estimate of drug-likeness (QED) is 0.394. The number of hydrogen-bond acceptors (Lipinski definition) is 1. The Hall–Kier alpha value is -1.57. The molecule has 3 aliphatic heterocycles. The van der Waals surface area contributed by atoms with E-state index in [1.165, 1.54) is 50.0 Å². The predicted octanol–water partition coefficient (Wildman–Crippen LogP) is 6.62. The van der Waals surface area contributed by atoms with Crippen LogP contribution in [0.3, 0.4) is 0 Å². The molecule has 0 aromatic heterocycles. The summed E-state index contributed by atoms with van der Waals surface area (Å²) >= 11 is 1.60. The molecule has 5 aliphatic rings. The minimum absolute atomic E-state index is 0.678. The molecule has 2 aliphatic carbocycles. The number of nitrogens with zero attached hydrogens (tertiary/aromatic N) is 1. The van der Waals surface area contributed by atoms with Gasteiger partial charge in [-0.25, -0.2) is 0 Å². The van der Waals surface area contributed by atoms with Crippen LogP contribution in [0.25, 0.3) is 16.8 Å². The van der Waals surface area contributed by atoms with Gasteiger partial charge in [-0.15, -0.1) is 0 Å². The van der Waals surface area contributed by atoms with Crippen molar-refractivity contribution >= 4 is 30.6 Å². The number of aliphatic imine (C=N–C) groups is 1. The van der Waals surface area contributed by atoms with Gasteiger partial charge in [0.25, 0.3) is 0 Å². The topological polar surface area (TPSA) is 12.4 Å². The zero-order valence-corrected chi connectivity index (χ0v) is 20.6. The van der Waals surface area contributed by atoms with Crippen molar-refractivity contribution in [3.63, 3.8) is 0 Å². The molecule has 2 bridgehead atoms. The first kappa shape index (κ1) is 18.5. The van der Waals surface area contributed by atoms with Gasteiger partial charge < -0.3 is 0 Å². The molecule has 137 valence electrons. The van der Waals surface area contributed by atoms with Crippen LogP contribution in [0.5, 0.6) is 0 Å². The Balaban J connectivity index is 0.000000123. The van der Waals surface area contributed by atoms with Gasteiger partial charge >= 0.3 is 105 Å². The van der Waals surface area contributed by atoms with E-state index in [0.29, 0.717) is 3.63 Å². The van der Waals surface area contributed by atoms with Crippen LogP contribution < -0.4 is 0 Å². The maximum atomic E-state index is 4.62. The third kappa shape index (κ3) is 2.42. The molecular weight excluding hydrogens is 434 g/mol. The Labute approximate surface area is 183 Å². The number of allylic oxidation sites excluding steroid dienone is 7. The molecule has 28 heavy (non-hydrogen) atoms. The van der Waals surface area contributed by atoms with Crippen LogP contribution in [0.2, 0.25) is 13.1 Å². The molecule has 7 rings (SSSR count). The van der Waals surface area contributed by atoms with Crippen LogP contribution in [0.15, 0.2) is 80.3 Å². The SMILES string of the molecule is CC1=CC2=C3C(C)=C(C2=N1)[Si]3(C)C.CC1=Cc2c(ccc3ccccc23)[CH]1[Zr]. The molecule has 1 unspecified atom stereocenters. The summed E-state index contributed by atoms with van der Waals surface area (Å²) in [7, 11) is -1.15. The summed E-state index contributed by atoms with van der Waals surface area (Å²) in [5.74, 6) is 0. The van der Waals surface area contributed by atoms with Crippen molar-refractivity contribution in [2.24, 2.45) is 4.99 Å². The van der Waals surface area contributed by atoms with Gasteiger partial charge in [0, 0.05) is 11.3 Å². The number of benzene rings is 2. The molecule has 0 spiro atoms. The van der Waals surface area contributed by atoms with Gasteiger partial charge in [-0.3, -0.25) is 4.99 Å². The molecule has 0 N–H and O–H groups in total. The monoisotopic (exact) mass is 456 g/mol. The minimum atomic E-state index is -1.15. The fourth-order valence-electron chi connectivity index (χ4n) is 5.35. The van der Waals surface area contributed by atoms with E-state index >= 15 is 0 Å². The molecule has 3 heterocycles.